The Bertz CT molecular complexity index is 877. The summed E-state index contributed by atoms with van der Waals surface area (Å²) >= 11 is 0. The molecule has 1 atom stereocenters. The van der Waals surface area contributed by atoms with Gasteiger partial charge in [0.05, 0.1) is 18.8 Å². The molecule has 7 heteroatoms. The second kappa shape index (κ2) is 11.8. The SMILES string of the molecule is O[C@@]1(COc2ccccc2F)CCCN(Cc2cccc(OCCN3CCOCC3)c2)CC1. The molecule has 2 aromatic carbocycles. The van der Waals surface area contributed by atoms with Gasteiger partial charge in [-0.25, -0.2) is 4.39 Å². The van der Waals surface area contributed by atoms with Crippen LogP contribution in [0.2, 0.25) is 0 Å². The summed E-state index contributed by atoms with van der Waals surface area (Å²) in [6, 6.07) is 14.6. The van der Waals surface area contributed by atoms with Crippen LogP contribution in [0, 0.1) is 5.82 Å². The van der Waals surface area contributed by atoms with Gasteiger partial charge < -0.3 is 19.3 Å². The number of hydrogen-bond acceptors (Lipinski definition) is 6. The van der Waals surface area contributed by atoms with Crippen molar-refractivity contribution in [1.29, 1.82) is 0 Å². The first-order chi connectivity index (χ1) is 16.1. The van der Waals surface area contributed by atoms with Crippen molar-refractivity contribution in [3.63, 3.8) is 0 Å². The lowest BCUT2D eigenvalue weighted by Gasteiger charge is -2.27. The molecule has 0 aromatic heterocycles. The maximum absolute atomic E-state index is 13.8. The average molecular weight is 459 g/mol. The van der Waals surface area contributed by atoms with Crippen molar-refractivity contribution >= 4 is 0 Å². The lowest BCUT2D eigenvalue weighted by atomic mass is 9.96. The van der Waals surface area contributed by atoms with E-state index in [0.29, 0.717) is 19.4 Å². The molecule has 2 fully saturated rings. The Labute approximate surface area is 195 Å². The fourth-order valence-electron chi connectivity index (χ4n) is 4.42. The van der Waals surface area contributed by atoms with Gasteiger partial charge in [-0.3, -0.25) is 9.80 Å². The minimum Gasteiger partial charge on any atom is -0.492 e. The first-order valence-corrected chi connectivity index (χ1v) is 11.9. The van der Waals surface area contributed by atoms with E-state index in [2.05, 4.69) is 21.9 Å². The van der Waals surface area contributed by atoms with Crippen molar-refractivity contribution in [1.82, 2.24) is 9.80 Å². The molecule has 0 spiro atoms. The van der Waals surface area contributed by atoms with Gasteiger partial charge in [-0.2, -0.15) is 0 Å². The second-order valence-electron chi connectivity index (χ2n) is 9.02. The molecule has 0 aliphatic carbocycles. The highest BCUT2D eigenvalue weighted by Gasteiger charge is 2.31. The van der Waals surface area contributed by atoms with Gasteiger partial charge in [0.15, 0.2) is 11.6 Å². The molecule has 1 N–H and O–H groups in total. The van der Waals surface area contributed by atoms with Crippen LogP contribution in [0.1, 0.15) is 24.8 Å². The third kappa shape index (κ3) is 7.40. The number of halogens is 1. The molecule has 0 unspecified atom stereocenters. The average Bonchev–Trinajstić information content (AvgIpc) is 3.01. The molecule has 6 nitrogen and oxygen atoms in total. The standard InChI is InChI=1S/C26H35FN2O4/c27-24-7-1-2-8-25(24)33-21-26(30)9-4-11-29(12-10-26)20-22-5-3-6-23(19-22)32-18-15-28-13-16-31-17-14-28/h1-3,5-8,19,30H,4,9-18,20-21H2/t26-/m0/s1. The second-order valence-corrected chi connectivity index (χ2v) is 9.02. The topological polar surface area (TPSA) is 54.4 Å². The van der Waals surface area contributed by atoms with Crippen LogP contribution in [0.5, 0.6) is 11.5 Å². The van der Waals surface area contributed by atoms with E-state index in [1.54, 1.807) is 18.2 Å². The number of hydrogen-bond donors (Lipinski definition) is 1. The van der Waals surface area contributed by atoms with E-state index in [1.165, 1.54) is 11.6 Å². The van der Waals surface area contributed by atoms with Crippen LogP contribution in [-0.4, -0.2) is 79.7 Å². The summed E-state index contributed by atoms with van der Waals surface area (Å²) in [5.74, 6) is 0.686. The van der Waals surface area contributed by atoms with E-state index >= 15 is 0 Å². The smallest absolute Gasteiger partial charge is 0.165 e. The molecular formula is C26H35FN2O4. The van der Waals surface area contributed by atoms with Crippen LogP contribution < -0.4 is 9.47 Å². The number of morpholine rings is 1. The van der Waals surface area contributed by atoms with Crippen LogP contribution in [0.25, 0.3) is 0 Å². The van der Waals surface area contributed by atoms with Crippen molar-refractivity contribution in [3.8, 4) is 11.5 Å². The molecule has 180 valence electrons. The molecule has 2 aromatic rings. The third-order valence-corrected chi connectivity index (χ3v) is 6.43. The molecule has 0 saturated carbocycles. The fraction of sp³-hybridized carbons (Fsp3) is 0.538. The zero-order valence-electron chi connectivity index (χ0n) is 19.3. The van der Waals surface area contributed by atoms with Crippen molar-refractivity contribution in [2.24, 2.45) is 0 Å². The molecule has 33 heavy (non-hydrogen) atoms. The number of nitrogens with zero attached hydrogens (tertiary/aromatic N) is 2. The Morgan fingerprint density at radius 1 is 0.939 bits per heavy atom. The largest absolute Gasteiger partial charge is 0.492 e. The summed E-state index contributed by atoms with van der Waals surface area (Å²) in [7, 11) is 0. The van der Waals surface area contributed by atoms with Crippen LogP contribution in [0.3, 0.4) is 0 Å². The number of ether oxygens (including phenoxy) is 3. The van der Waals surface area contributed by atoms with Crippen LogP contribution in [-0.2, 0) is 11.3 Å². The molecule has 4 rings (SSSR count). The van der Waals surface area contributed by atoms with Gasteiger partial charge in [-0.1, -0.05) is 24.3 Å². The predicted molar refractivity (Wildman–Crippen MR) is 125 cm³/mol. The zero-order valence-corrected chi connectivity index (χ0v) is 19.3. The van der Waals surface area contributed by atoms with Crippen molar-refractivity contribution < 1.29 is 23.7 Å². The Morgan fingerprint density at radius 2 is 1.79 bits per heavy atom. The minimum atomic E-state index is -0.943. The minimum absolute atomic E-state index is 0.105. The predicted octanol–water partition coefficient (Wildman–Crippen LogP) is 3.33. The third-order valence-electron chi connectivity index (χ3n) is 6.43. The van der Waals surface area contributed by atoms with Gasteiger partial charge in [-0.15, -0.1) is 0 Å². The normalized spacial score (nSPS) is 22.6. The Balaban J connectivity index is 1.24. The molecule has 2 heterocycles. The highest BCUT2D eigenvalue weighted by atomic mass is 19.1. The summed E-state index contributed by atoms with van der Waals surface area (Å²) in [6.45, 7) is 7.70. The maximum Gasteiger partial charge on any atom is 0.165 e. The van der Waals surface area contributed by atoms with E-state index in [1.807, 2.05) is 12.1 Å². The van der Waals surface area contributed by atoms with Gasteiger partial charge in [-0.05, 0) is 55.6 Å². The highest BCUT2D eigenvalue weighted by Crippen LogP contribution is 2.26. The monoisotopic (exact) mass is 458 g/mol. The van der Waals surface area contributed by atoms with E-state index in [-0.39, 0.29) is 12.4 Å². The molecule has 0 bridgehead atoms. The van der Waals surface area contributed by atoms with Crippen LogP contribution >= 0.6 is 0 Å². The number of benzene rings is 2. The lowest BCUT2D eigenvalue weighted by molar-refractivity contribution is -0.0177. The summed E-state index contributed by atoms with van der Waals surface area (Å²) < 4.78 is 30.8. The van der Waals surface area contributed by atoms with E-state index in [4.69, 9.17) is 14.2 Å². The Kier molecular flexibility index (Phi) is 8.56. The molecule has 0 radical (unpaired) electrons. The molecular weight excluding hydrogens is 423 g/mol. The molecule has 0 amide bonds. The number of likely N-dealkylation sites (tertiary alicyclic amines) is 1. The number of para-hydroxylation sites is 1. The highest BCUT2D eigenvalue weighted by molar-refractivity contribution is 5.28. The molecule has 2 saturated heterocycles. The van der Waals surface area contributed by atoms with E-state index in [9.17, 15) is 9.50 Å². The quantitative estimate of drug-likeness (QED) is 0.622. The first kappa shape index (κ1) is 24.0. The summed E-state index contributed by atoms with van der Waals surface area (Å²) in [5.41, 5.74) is 0.258. The molecule has 2 aliphatic heterocycles. The van der Waals surface area contributed by atoms with Crippen LogP contribution in [0.15, 0.2) is 48.5 Å². The van der Waals surface area contributed by atoms with Gasteiger partial charge in [0.25, 0.3) is 0 Å². The number of rotatable bonds is 9. The van der Waals surface area contributed by atoms with E-state index < -0.39 is 11.4 Å². The van der Waals surface area contributed by atoms with Crippen molar-refractivity contribution in [3.05, 3.63) is 59.9 Å². The Hall–Kier alpha value is -2.19. The summed E-state index contributed by atoms with van der Waals surface area (Å²) in [4.78, 5) is 4.72. The molecule has 2 aliphatic rings. The van der Waals surface area contributed by atoms with Crippen molar-refractivity contribution in [2.45, 2.75) is 31.4 Å². The number of aliphatic hydroxyl groups is 1. The first-order valence-electron chi connectivity index (χ1n) is 11.9. The zero-order chi connectivity index (χ0) is 22.9. The van der Waals surface area contributed by atoms with Crippen LogP contribution in [0.4, 0.5) is 4.39 Å². The lowest BCUT2D eigenvalue weighted by Crippen LogP contribution is -2.38. The summed E-state index contributed by atoms with van der Waals surface area (Å²) in [6.07, 6.45) is 2.10. The van der Waals surface area contributed by atoms with Gasteiger partial charge in [0.2, 0.25) is 0 Å². The van der Waals surface area contributed by atoms with Gasteiger partial charge in [0, 0.05) is 32.7 Å². The van der Waals surface area contributed by atoms with Crippen molar-refractivity contribution in [2.75, 3.05) is 59.2 Å². The maximum atomic E-state index is 13.8. The summed E-state index contributed by atoms with van der Waals surface area (Å²) in [5, 5.41) is 11.0. The van der Waals surface area contributed by atoms with Gasteiger partial charge in [0.1, 0.15) is 19.0 Å². The van der Waals surface area contributed by atoms with E-state index in [0.717, 1.165) is 64.7 Å². The Morgan fingerprint density at radius 3 is 2.64 bits per heavy atom. The fourth-order valence-corrected chi connectivity index (χ4v) is 4.42. The van der Waals surface area contributed by atoms with Gasteiger partial charge >= 0.3 is 0 Å².